The van der Waals surface area contributed by atoms with Gasteiger partial charge < -0.3 is 27.5 Å². The quantitative estimate of drug-likeness (QED) is 0.308. The number of halogens is 1. The third kappa shape index (κ3) is 5.69. The van der Waals surface area contributed by atoms with Gasteiger partial charge >= 0.3 is 0 Å². The lowest BCUT2D eigenvalue weighted by Gasteiger charge is -2.18. The summed E-state index contributed by atoms with van der Waals surface area (Å²) in [7, 11) is 0. The zero-order chi connectivity index (χ0) is 26.6. The van der Waals surface area contributed by atoms with Crippen molar-refractivity contribution in [3.63, 3.8) is 0 Å². The third-order valence-electron chi connectivity index (χ3n) is 7.14. The number of fused-ring (bicyclic) bond motifs is 2. The van der Waals surface area contributed by atoms with Crippen LogP contribution < -0.4 is 21.9 Å². The van der Waals surface area contributed by atoms with Crippen LogP contribution in [0.5, 0.6) is 0 Å². The summed E-state index contributed by atoms with van der Waals surface area (Å²) in [5.74, 6) is 0. The highest BCUT2D eigenvalue weighted by Gasteiger charge is 2.25. The predicted molar refractivity (Wildman–Crippen MR) is 164 cm³/mol. The van der Waals surface area contributed by atoms with Gasteiger partial charge in [-0.25, -0.2) is 0 Å². The highest BCUT2D eigenvalue weighted by molar-refractivity contribution is 8.03. The Hall–Kier alpha value is -3.13. The van der Waals surface area contributed by atoms with Crippen LogP contribution in [0.3, 0.4) is 0 Å². The van der Waals surface area contributed by atoms with E-state index in [1.165, 1.54) is 31.9 Å². The maximum atomic E-state index is 9.70. The lowest BCUT2D eigenvalue weighted by molar-refractivity contribution is -0.670. The second kappa shape index (κ2) is 13.0. The summed E-state index contributed by atoms with van der Waals surface area (Å²) in [4.78, 5) is 3.43. The van der Waals surface area contributed by atoms with Crippen LogP contribution in [0.2, 0.25) is 0 Å². The molecular weight excluding hydrogens is 556 g/mol. The molecule has 0 spiro atoms. The monoisotopic (exact) mass is 586 g/mol. The van der Waals surface area contributed by atoms with Crippen molar-refractivity contribution in [3.8, 4) is 0 Å². The molecule has 0 saturated carbocycles. The van der Waals surface area contributed by atoms with Crippen molar-refractivity contribution in [1.82, 2.24) is 0 Å². The van der Waals surface area contributed by atoms with E-state index >= 15 is 0 Å². The Labute approximate surface area is 249 Å². The van der Waals surface area contributed by atoms with Crippen LogP contribution in [0.15, 0.2) is 118 Å². The van der Waals surface area contributed by atoms with E-state index in [0.29, 0.717) is 13.1 Å². The number of allylic oxidation sites excluding steroid dienone is 6. The first-order valence-corrected chi connectivity index (χ1v) is 15.0. The zero-order valence-electron chi connectivity index (χ0n) is 22.0. The number of aliphatic hydroxyl groups excluding tert-OH is 2. The van der Waals surface area contributed by atoms with Crippen molar-refractivity contribution in [2.45, 2.75) is 24.3 Å². The molecule has 0 atom stereocenters. The Balaban J connectivity index is 0.00000323. The fourth-order valence-corrected chi connectivity index (χ4v) is 7.57. The Morgan fingerprint density at radius 1 is 0.825 bits per heavy atom. The van der Waals surface area contributed by atoms with Crippen molar-refractivity contribution in [1.29, 1.82) is 0 Å². The van der Waals surface area contributed by atoms with E-state index in [2.05, 4.69) is 113 Å². The molecule has 1 aromatic heterocycles. The van der Waals surface area contributed by atoms with Gasteiger partial charge in [-0.3, -0.25) is 0 Å². The number of anilines is 1. The van der Waals surface area contributed by atoms with Crippen LogP contribution >= 0.6 is 23.1 Å². The summed E-state index contributed by atoms with van der Waals surface area (Å²) in [6, 6.07) is 27.4. The number of rotatable bonds is 8. The summed E-state index contributed by atoms with van der Waals surface area (Å²) < 4.78 is 3.43. The Kier molecular flexibility index (Phi) is 9.25. The highest BCUT2D eigenvalue weighted by Crippen LogP contribution is 2.46. The molecule has 40 heavy (non-hydrogen) atoms. The van der Waals surface area contributed by atoms with Crippen molar-refractivity contribution >= 4 is 50.7 Å². The van der Waals surface area contributed by atoms with Gasteiger partial charge in [-0.05, 0) is 59.4 Å². The van der Waals surface area contributed by atoms with Crippen LogP contribution in [-0.2, 0) is 6.54 Å². The van der Waals surface area contributed by atoms with Crippen LogP contribution in [-0.4, -0.2) is 30.0 Å². The van der Waals surface area contributed by atoms with Gasteiger partial charge in [0.15, 0.2) is 6.54 Å². The molecule has 0 bridgehead atoms. The number of aliphatic hydroxyl groups is 2. The molecule has 4 nitrogen and oxygen atoms in total. The molecule has 2 aliphatic rings. The molecule has 0 radical (unpaired) electrons. The molecule has 6 rings (SSSR count). The van der Waals surface area contributed by atoms with Crippen LogP contribution in [0.1, 0.15) is 23.4 Å². The third-order valence-corrected chi connectivity index (χ3v) is 9.40. The standard InChI is InChI=1S/C33H31N2O2S2.ClH/c36-22-20-34-27-10-4-6-12-29(27)38-31(34)18-16-25-14-15-26(33(25)24-8-2-1-3-9-24)17-19-32-35(21-23-37)28-11-5-7-13-30(28)39-32;/h1-13,16-19,36-37H,14-15,20-23H2;1H/q+1;/p-1. The first-order valence-electron chi connectivity index (χ1n) is 13.3. The van der Waals surface area contributed by atoms with Crippen LogP contribution in [0, 0.1) is 0 Å². The minimum absolute atomic E-state index is 0. The second-order valence-corrected chi connectivity index (χ2v) is 11.6. The van der Waals surface area contributed by atoms with E-state index < -0.39 is 0 Å². The summed E-state index contributed by atoms with van der Waals surface area (Å²) in [6.45, 7) is 1.39. The number of thioether (sulfide) groups is 1. The first kappa shape index (κ1) is 28.4. The molecule has 2 N–H and O–H groups in total. The summed E-state index contributed by atoms with van der Waals surface area (Å²) in [6.07, 6.45) is 10.9. The van der Waals surface area contributed by atoms with Gasteiger partial charge in [0.05, 0.1) is 17.3 Å². The summed E-state index contributed by atoms with van der Waals surface area (Å²) >= 11 is 3.52. The summed E-state index contributed by atoms with van der Waals surface area (Å²) in [5.41, 5.74) is 7.51. The van der Waals surface area contributed by atoms with Gasteiger partial charge in [0.25, 0.3) is 5.01 Å². The number of hydrogen-bond acceptors (Lipinski definition) is 5. The minimum Gasteiger partial charge on any atom is -1.00 e. The fraction of sp³-hybridized carbons (Fsp3) is 0.182. The molecule has 3 aromatic carbocycles. The molecule has 204 valence electrons. The minimum atomic E-state index is 0. The number of benzene rings is 3. The predicted octanol–water partition coefficient (Wildman–Crippen LogP) is 3.82. The molecule has 0 saturated heterocycles. The van der Waals surface area contributed by atoms with E-state index in [1.54, 1.807) is 23.1 Å². The highest BCUT2D eigenvalue weighted by atomic mass is 35.5. The number of thiazole rings is 1. The zero-order valence-corrected chi connectivity index (χ0v) is 24.4. The molecule has 1 aliphatic carbocycles. The topological polar surface area (TPSA) is 47.6 Å². The van der Waals surface area contributed by atoms with E-state index in [4.69, 9.17) is 0 Å². The molecule has 0 fully saturated rings. The molecule has 2 heterocycles. The van der Waals surface area contributed by atoms with Gasteiger partial charge in [-0.15, -0.1) is 0 Å². The number of hydrogen-bond donors (Lipinski definition) is 2. The van der Waals surface area contributed by atoms with E-state index in [0.717, 1.165) is 34.1 Å². The molecule has 7 heteroatoms. The van der Waals surface area contributed by atoms with Gasteiger partial charge in [-0.2, -0.15) is 4.57 Å². The molecule has 0 amide bonds. The Morgan fingerprint density at radius 3 is 2.42 bits per heavy atom. The number of nitrogens with zero attached hydrogens (tertiary/aromatic N) is 2. The lowest BCUT2D eigenvalue weighted by Crippen LogP contribution is -3.00. The van der Waals surface area contributed by atoms with E-state index in [-0.39, 0.29) is 25.6 Å². The second-order valence-electron chi connectivity index (χ2n) is 9.52. The SMILES string of the molecule is OCCN1/C(=C/C=C2\CCC(/C=C/c3sc4ccccc4[n+]3CCO)=C2c2ccccc2)Sc2ccccc21.[Cl-]. The first-order chi connectivity index (χ1) is 19.3. The van der Waals surface area contributed by atoms with Gasteiger partial charge in [0, 0.05) is 23.6 Å². The largest absolute Gasteiger partial charge is 1.00 e. The van der Waals surface area contributed by atoms with E-state index in [1.807, 2.05) is 0 Å². The van der Waals surface area contributed by atoms with Crippen molar-refractivity contribution in [2.24, 2.45) is 0 Å². The lowest BCUT2D eigenvalue weighted by atomic mass is 9.98. The molecule has 4 aromatic rings. The van der Waals surface area contributed by atoms with Gasteiger partial charge in [0.2, 0.25) is 5.52 Å². The number of β-amino-alcohol motifs (C(OH)–C–C–N with tert-alkyl or cyclic N) is 1. The van der Waals surface area contributed by atoms with Crippen LogP contribution in [0.4, 0.5) is 5.69 Å². The average molecular weight is 587 g/mol. The number of para-hydroxylation sites is 2. The van der Waals surface area contributed by atoms with Gasteiger partial charge in [-0.1, -0.05) is 89.8 Å². The smallest absolute Gasteiger partial charge is 0.262 e. The maximum absolute atomic E-state index is 9.70. The Bertz CT molecular complexity index is 1620. The summed E-state index contributed by atoms with van der Waals surface area (Å²) in [5, 5.41) is 21.7. The van der Waals surface area contributed by atoms with Crippen LogP contribution in [0.25, 0.3) is 21.9 Å². The maximum Gasteiger partial charge on any atom is 0.262 e. The Morgan fingerprint density at radius 2 is 1.60 bits per heavy atom. The molecule has 0 unspecified atom stereocenters. The van der Waals surface area contributed by atoms with E-state index in [9.17, 15) is 10.2 Å². The average Bonchev–Trinajstić information content (AvgIpc) is 3.65. The van der Waals surface area contributed by atoms with Crippen molar-refractivity contribution in [2.75, 3.05) is 24.7 Å². The fourth-order valence-electron chi connectivity index (χ4n) is 5.39. The van der Waals surface area contributed by atoms with Crippen molar-refractivity contribution in [3.05, 3.63) is 124 Å². The van der Waals surface area contributed by atoms with Crippen molar-refractivity contribution < 1.29 is 27.2 Å². The molecule has 1 aliphatic heterocycles. The van der Waals surface area contributed by atoms with Gasteiger partial charge in [0.1, 0.15) is 11.3 Å². The number of aromatic nitrogens is 1. The molecular formula is C33H31ClN2O2S2. The normalized spacial score (nSPS) is 17.0.